The van der Waals surface area contributed by atoms with E-state index in [2.05, 4.69) is 36.3 Å². The molecule has 1 unspecified atom stereocenters. The molecule has 1 aromatic heterocycles. The maximum Gasteiger partial charge on any atom is 0.225 e. The number of amides is 1. The molecule has 0 N–H and O–H groups in total. The van der Waals surface area contributed by atoms with Gasteiger partial charge in [-0.15, -0.1) is 11.3 Å². The Labute approximate surface area is 154 Å². The van der Waals surface area contributed by atoms with E-state index >= 15 is 0 Å². The van der Waals surface area contributed by atoms with Gasteiger partial charge < -0.3 is 4.90 Å². The van der Waals surface area contributed by atoms with Crippen LogP contribution in [0.3, 0.4) is 0 Å². The van der Waals surface area contributed by atoms with Crippen LogP contribution in [0.1, 0.15) is 32.4 Å². The molecule has 134 valence electrons. The highest BCUT2D eigenvalue weighted by Crippen LogP contribution is 2.24. The topological polar surface area (TPSA) is 36.4 Å². The van der Waals surface area contributed by atoms with E-state index in [4.69, 9.17) is 4.98 Å². The van der Waals surface area contributed by atoms with Crippen molar-refractivity contribution in [2.75, 3.05) is 26.2 Å². The molecular formula is C20H27N3OS. The number of carbonyl (C=O) groups excluding carboxylic acids is 1. The SMILES string of the molecule is CCCC(C)C(=O)N1CCN(Cc2csc(-c3ccccc3)n2)CC1. The van der Waals surface area contributed by atoms with E-state index in [1.165, 1.54) is 5.56 Å². The van der Waals surface area contributed by atoms with Crippen LogP contribution in [0.2, 0.25) is 0 Å². The summed E-state index contributed by atoms with van der Waals surface area (Å²) in [5.41, 5.74) is 2.31. The van der Waals surface area contributed by atoms with E-state index in [9.17, 15) is 4.79 Å². The minimum absolute atomic E-state index is 0.156. The Hall–Kier alpha value is -1.72. The minimum atomic E-state index is 0.156. The third kappa shape index (κ3) is 4.67. The summed E-state index contributed by atoms with van der Waals surface area (Å²) in [6.07, 6.45) is 2.06. The molecule has 0 bridgehead atoms. The van der Waals surface area contributed by atoms with Gasteiger partial charge in [0.15, 0.2) is 0 Å². The number of rotatable bonds is 6. The maximum atomic E-state index is 12.4. The summed E-state index contributed by atoms with van der Waals surface area (Å²) in [7, 11) is 0. The monoisotopic (exact) mass is 357 g/mol. The molecule has 0 aliphatic carbocycles. The molecule has 1 atom stereocenters. The van der Waals surface area contributed by atoms with Crippen molar-refractivity contribution < 1.29 is 4.79 Å². The smallest absolute Gasteiger partial charge is 0.225 e. The number of nitrogens with zero attached hydrogens (tertiary/aromatic N) is 3. The molecule has 1 fully saturated rings. The number of thiazole rings is 1. The van der Waals surface area contributed by atoms with Gasteiger partial charge in [0.2, 0.25) is 5.91 Å². The van der Waals surface area contributed by atoms with Gasteiger partial charge in [-0.25, -0.2) is 4.98 Å². The van der Waals surface area contributed by atoms with Crippen molar-refractivity contribution in [1.29, 1.82) is 0 Å². The third-order valence-corrected chi connectivity index (χ3v) is 5.73. The normalized spacial score (nSPS) is 16.8. The van der Waals surface area contributed by atoms with E-state index in [1.807, 2.05) is 23.1 Å². The molecule has 1 amide bonds. The first-order valence-electron chi connectivity index (χ1n) is 9.18. The van der Waals surface area contributed by atoms with Crippen LogP contribution in [-0.2, 0) is 11.3 Å². The molecule has 1 aromatic carbocycles. The highest BCUT2D eigenvalue weighted by atomic mass is 32.1. The fourth-order valence-corrected chi connectivity index (χ4v) is 4.13. The summed E-state index contributed by atoms with van der Waals surface area (Å²) in [6, 6.07) is 10.3. The van der Waals surface area contributed by atoms with Crippen molar-refractivity contribution in [2.45, 2.75) is 33.2 Å². The summed E-state index contributed by atoms with van der Waals surface area (Å²) in [6.45, 7) is 8.60. The van der Waals surface area contributed by atoms with Gasteiger partial charge in [0.05, 0.1) is 5.69 Å². The van der Waals surface area contributed by atoms with Gasteiger partial charge in [-0.3, -0.25) is 9.69 Å². The summed E-state index contributed by atoms with van der Waals surface area (Å²) >= 11 is 1.70. The second kappa shape index (κ2) is 8.59. The van der Waals surface area contributed by atoms with Crippen molar-refractivity contribution in [2.24, 2.45) is 5.92 Å². The lowest BCUT2D eigenvalue weighted by atomic mass is 10.0. The van der Waals surface area contributed by atoms with Crippen molar-refractivity contribution in [3.63, 3.8) is 0 Å². The van der Waals surface area contributed by atoms with Gasteiger partial charge in [0.25, 0.3) is 0 Å². The Balaban J connectivity index is 1.51. The van der Waals surface area contributed by atoms with E-state index in [0.29, 0.717) is 5.91 Å². The van der Waals surface area contributed by atoms with Crippen molar-refractivity contribution in [1.82, 2.24) is 14.8 Å². The fourth-order valence-electron chi connectivity index (χ4n) is 3.32. The van der Waals surface area contributed by atoms with Crippen molar-refractivity contribution in [3.8, 4) is 10.6 Å². The number of aromatic nitrogens is 1. The average Bonchev–Trinajstić information content (AvgIpc) is 3.11. The van der Waals surface area contributed by atoms with Gasteiger partial charge in [-0.1, -0.05) is 50.6 Å². The quantitative estimate of drug-likeness (QED) is 0.787. The number of hydrogen-bond acceptors (Lipinski definition) is 4. The van der Waals surface area contributed by atoms with Crippen molar-refractivity contribution in [3.05, 3.63) is 41.4 Å². The predicted octanol–water partition coefficient (Wildman–Crippen LogP) is 3.89. The van der Waals surface area contributed by atoms with E-state index in [1.54, 1.807) is 11.3 Å². The van der Waals surface area contributed by atoms with E-state index < -0.39 is 0 Å². The van der Waals surface area contributed by atoms with Crippen LogP contribution in [0.4, 0.5) is 0 Å². The molecule has 0 saturated carbocycles. The zero-order valence-corrected chi connectivity index (χ0v) is 16.0. The fraction of sp³-hybridized carbons (Fsp3) is 0.500. The standard InChI is InChI=1S/C20H27N3OS/c1-3-7-16(2)20(24)23-12-10-22(11-13-23)14-18-15-25-19(21-18)17-8-5-4-6-9-17/h4-6,8-9,15-16H,3,7,10-14H2,1-2H3. The molecule has 0 spiro atoms. The number of carbonyl (C=O) groups is 1. The summed E-state index contributed by atoms with van der Waals surface area (Å²) in [5.74, 6) is 0.477. The number of benzene rings is 1. The van der Waals surface area contributed by atoms with Crippen LogP contribution in [0.15, 0.2) is 35.7 Å². The molecular weight excluding hydrogens is 330 g/mol. The predicted molar refractivity (Wildman–Crippen MR) is 103 cm³/mol. The second-order valence-electron chi connectivity index (χ2n) is 6.80. The molecule has 1 aliphatic heterocycles. The Morgan fingerprint density at radius 2 is 1.92 bits per heavy atom. The number of hydrogen-bond donors (Lipinski definition) is 0. The molecule has 5 heteroatoms. The summed E-state index contributed by atoms with van der Waals surface area (Å²) in [5, 5.41) is 3.24. The highest BCUT2D eigenvalue weighted by Gasteiger charge is 2.24. The Morgan fingerprint density at radius 1 is 1.20 bits per heavy atom. The van der Waals surface area contributed by atoms with Crippen LogP contribution in [-0.4, -0.2) is 46.9 Å². The zero-order chi connectivity index (χ0) is 17.6. The lowest BCUT2D eigenvalue weighted by Gasteiger charge is -2.35. The van der Waals surface area contributed by atoms with Gasteiger partial charge in [-0.2, -0.15) is 0 Å². The van der Waals surface area contributed by atoms with Gasteiger partial charge >= 0.3 is 0 Å². The first-order valence-corrected chi connectivity index (χ1v) is 10.1. The third-order valence-electron chi connectivity index (χ3n) is 4.79. The molecule has 0 radical (unpaired) electrons. The second-order valence-corrected chi connectivity index (χ2v) is 7.66. The first kappa shape index (κ1) is 18.1. The summed E-state index contributed by atoms with van der Waals surface area (Å²) < 4.78 is 0. The molecule has 4 nitrogen and oxygen atoms in total. The number of piperazine rings is 1. The van der Waals surface area contributed by atoms with E-state index in [0.717, 1.165) is 56.3 Å². The summed E-state index contributed by atoms with van der Waals surface area (Å²) in [4.78, 5) is 21.6. The van der Waals surface area contributed by atoms with Crippen LogP contribution in [0.5, 0.6) is 0 Å². The van der Waals surface area contributed by atoms with E-state index in [-0.39, 0.29) is 5.92 Å². The molecule has 1 aliphatic rings. The van der Waals surface area contributed by atoms with Crippen molar-refractivity contribution >= 4 is 17.2 Å². The van der Waals surface area contributed by atoms with Crippen LogP contribution in [0.25, 0.3) is 10.6 Å². The molecule has 1 saturated heterocycles. The lowest BCUT2D eigenvalue weighted by Crippen LogP contribution is -2.49. The largest absolute Gasteiger partial charge is 0.340 e. The molecule has 25 heavy (non-hydrogen) atoms. The Morgan fingerprint density at radius 3 is 2.60 bits per heavy atom. The maximum absolute atomic E-state index is 12.4. The highest BCUT2D eigenvalue weighted by molar-refractivity contribution is 7.13. The Bertz CT molecular complexity index is 677. The molecule has 2 aromatic rings. The zero-order valence-electron chi connectivity index (χ0n) is 15.1. The molecule has 3 rings (SSSR count). The van der Waals surface area contributed by atoms with Crippen LogP contribution in [0, 0.1) is 5.92 Å². The van der Waals surface area contributed by atoms with Crippen LogP contribution >= 0.6 is 11.3 Å². The van der Waals surface area contributed by atoms with Gasteiger partial charge in [0, 0.05) is 49.6 Å². The Kier molecular flexibility index (Phi) is 6.21. The average molecular weight is 358 g/mol. The lowest BCUT2D eigenvalue weighted by molar-refractivity contribution is -0.137. The minimum Gasteiger partial charge on any atom is -0.340 e. The first-order chi connectivity index (χ1) is 12.2. The van der Waals surface area contributed by atoms with Gasteiger partial charge in [0.1, 0.15) is 5.01 Å². The molecule has 2 heterocycles. The van der Waals surface area contributed by atoms with Gasteiger partial charge in [-0.05, 0) is 6.42 Å². The van der Waals surface area contributed by atoms with Crippen LogP contribution < -0.4 is 0 Å².